The van der Waals surface area contributed by atoms with Crippen LogP contribution in [0.15, 0.2) is 12.4 Å². The number of nitrogens with zero attached hydrogens (tertiary/aromatic N) is 2. The van der Waals surface area contributed by atoms with Gasteiger partial charge in [-0.3, -0.25) is 0 Å². The lowest BCUT2D eigenvalue weighted by molar-refractivity contribution is -0.452. The topological polar surface area (TPSA) is 6.25 Å². The molecule has 0 bridgehead atoms. The zero-order valence-electron chi connectivity index (χ0n) is 9.58. The summed E-state index contributed by atoms with van der Waals surface area (Å²) in [4.78, 5) is 2.39. The van der Waals surface area contributed by atoms with Gasteiger partial charge in [0.05, 0.1) is 12.7 Å². The van der Waals surface area contributed by atoms with Crippen LogP contribution in [0, 0.1) is 0 Å². The van der Waals surface area contributed by atoms with Gasteiger partial charge < -0.3 is 4.90 Å². The van der Waals surface area contributed by atoms with Crippen LogP contribution in [0.2, 0.25) is 0 Å². The maximum atomic E-state index is 2.39. The molecule has 0 N–H and O–H groups in total. The Morgan fingerprint density at radius 2 is 2.07 bits per heavy atom. The molecule has 0 radical (unpaired) electrons. The van der Waals surface area contributed by atoms with Crippen molar-refractivity contribution in [3.05, 3.63) is 12.4 Å². The molecule has 1 heterocycles. The van der Waals surface area contributed by atoms with E-state index < -0.39 is 0 Å². The van der Waals surface area contributed by atoms with Crippen LogP contribution in [-0.2, 0) is 0 Å². The molecular weight excluding hydrogens is 172 g/mol. The molecule has 0 fully saturated rings. The number of rotatable bonds is 6. The first-order valence-electron chi connectivity index (χ1n) is 5.88. The SMILES string of the molecule is CCCCCCN1C=C[N+](CC)=CC1. The van der Waals surface area contributed by atoms with Crippen LogP contribution in [0.1, 0.15) is 39.5 Å². The summed E-state index contributed by atoms with van der Waals surface area (Å²) < 4.78 is 2.24. The zero-order chi connectivity index (χ0) is 10.2. The Balaban J connectivity index is 2.11. The molecule has 0 unspecified atom stereocenters. The molecule has 0 spiro atoms. The van der Waals surface area contributed by atoms with Crippen molar-refractivity contribution in [3.63, 3.8) is 0 Å². The first kappa shape index (κ1) is 11.3. The molecule has 80 valence electrons. The third kappa shape index (κ3) is 3.95. The minimum Gasteiger partial charge on any atom is -0.363 e. The molecule has 0 saturated heterocycles. The Morgan fingerprint density at radius 3 is 2.64 bits per heavy atom. The van der Waals surface area contributed by atoms with Crippen molar-refractivity contribution in [2.24, 2.45) is 0 Å². The van der Waals surface area contributed by atoms with Gasteiger partial charge in [0.25, 0.3) is 0 Å². The first-order valence-corrected chi connectivity index (χ1v) is 5.88. The second-order valence-electron chi connectivity index (χ2n) is 3.87. The normalized spacial score (nSPS) is 15.9. The fourth-order valence-electron chi connectivity index (χ4n) is 1.65. The van der Waals surface area contributed by atoms with Crippen molar-refractivity contribution >= 4 is 6.21 Å². The molecule has 0 aliphatic carbocycles. The Hall–Kier alpha value is -0.790. The van der Waals surface area contributed by atoms with Crippen molar-refractivity contribution in [1.82, 2.24) is 4.90 Å². The summed E-state index contributed by atoms with van der Waals surface area (Å²) >= 11 is 0. The van der Waals surface area contributed by atoms with Gasteiger partial charge >= 0.3 is 0 Å². The van der Waals surface area contributed by atoms with E-state index in [0.717, 1.165) is 13.1 Å². The standard InChI is InChI=1S/C12H23N2/c1-3-5-6-7-8-14-11-9-13(4-2)10-12-14/h9-11H,3-8,12H2,1-2H3/q+1. The third-order valence-corrected chi connectivity index (χ3v) is 2.68. The lowest BCUT2D eigenvalue weighted by atomic mass is 10.2. The maximum Gasteiger partial charge on any atom is 0.184 e. The molecule has 2 nitrogen and oxygen atoms in total. The number of hydrogen-bond acceptors (Lipinski definition) is 1. The monoisotopic (exact) mass is 195 g/mol. The average Bonchev–Trinajstić information content (AvgIpc) is 2.25. The Bertz CT molecular complexity index is 206. The summed E-state index contributed by atoms with van der Waals surface area (Å²) in [5, 5.41) is 0. The van der Waals surface area contributed by atoms with Gasteiger partial charge in [0.1, 0.15) is 6.54 Å². The van der Waals surface area contributed by atoms with Crippen molar-refractivity contribution in [1.29, 1.82) is 0 Å². The van der Waals surface area contributed by atoms with E-state index in [1.54, 1.807) is 0 Å². The van der Waals surface area contributed by atoms with Gasteiger partial charge in [0, 0.05) is 6.54 Å². The number of unbranched alkanes of at least 4 members (excludes halogenated alkanes) is 3. The third-order valence-electron chi connectivity index (χ3n) is 2.68. The lowest BCUT2D eigenvalue weighted by Gasteiger charge is -2.18. The van der Waals surface area contributed by atoms with Crippen molar-refractivity contribution < 1.29 is 4.58 Å². The van der Waals surface area contributed by atoms with E-state index >= 15 is 0 Å². The summed E-state index contributed by atoms with van der Waals surface area (Å²) in [5.74, 6) is 0. The predicted molar refractivity (Wildman–Crippen MR) is 61.7 cm³/mol. The van der Waals surface area contributed by atoms with E-state index in [0.29, 0.717) is 0 Å². The van der Waals surface area contributed by atoms with E-state index in [-0.39, 0.29) is 0 Å². The van der Waals surface area contributed by atoms with Crippen molar-refractivity contribution in [2.75, 3.05) is 19.6 Å². The van der Waals surface area contributed by atoms with Crippen molar-refractivity contribution in [3.8, 4) is 0 Å². The molecule has 0 aromatic carbocycles. The molecule has 0 amide bonds. The van der Waals surface area contributed by atoms with Crippen molar-refractivity contribution in [2.45, 2.75) is 39.5 Å². The summed E-state index contributed by atoms with van der Waals surface area (Å²) in [6.07, 6.45) is 12.1. The Kier molecular flexibility index (Phi) is 5.35. The van der Waals surface area contributed by atoms with Gasteiger partial charge in [-0.15, -0.1) is 0 Å². The average molecular weight is 195 g/mol. The molecule has 0 atom stereocenters. The van der Waals surface area contributed by atoms with Gasteiger partial charge in [0.2, 0.25) is 0 Å². The molecule has 0 aromatic heterocycles. The van der Waals surface area contributed by atoms with E-state index in [2.05, 4.69) is 41.9 Å². The van der Waals surface area contributed by atoms with Crippen LogP contribution in [0.5, 0.6) is 0 Å². The molecule has 0 saturated carbocycles. The quantitative estimate of drug-likeness (QED) is 0.466. The molecule has 2 heteroatoms. The fourth-order valence-corrected chi connectivity index (χ4v) is 1.65. The van der Waals surface area contributed by atoms with Crippen LogP contribution in [0.3, 0.4) is 0 Å². The highest BCUT2D eigenvalue weighted by molar-refractivity contribution is 5.55. The summed E-state index contributed by atoms with van der Waals surface area (Å²) in [6.45, 7) is 7.81. The van der Waals surface area contributed by atoms with Gasteiger partial charge in [-0.2, -0.15) is 0 Å². The van der Waals surface area contributed by atoms with Crippen LogP contribution in [0.4, 0.5) is 0 Å². The van der Waals surface area contributed by atoms with Crippen LogP contribution in [-0.4, -0.2) is 35.3 Å². The molecule has 1 rings (SSSR count). The van der Waals surface area contributed by atoms with E-state index in [9.17, 15) is 0 Å². The van der Waals surface area contributed by atoms with Gasteiger partial charge in [-0.1, -0.05) is 26.2 Å². The fraction of sp³-hybridized carbons (Fsp3) is 0.750. The summed E-state index contributed by atoms with van der Waals surface area (Å²) in [5.41, 5.74) is 0. The number of hydrogen-bond donors (Lipinski definition) is 0. The van der Waals surface area contributed by atoms with Gasteiger partial charge in [-0.05, 0) is 13.3 Å². The Morgan fingerprint density at radius 1 is 1.21 bits per heavy atom. The lowest BCUT2D eigenvalue weighted by Crippen LogP contribution is -2.28. The van der Waals surface area contributed by atoms with Gasteiger partial charge in [-0.25, -0.2) is 4.58 Å². The van der Waals surface area contributed by atoms with Crippen LogP contribution < -0.4 is 0 Å². The second kappa shape index (κ2) is 6.63. The molecule has 14 heavy (non-hydrogen) atoms. The zero-order valence-corrected chi connectivity index (χ0v) is 9.58. The smallest absolute Gasteiger partial charge is 0.184 e. The highest BCUT2D eigenvalue weighted by atomic mass is 15.2. The Labute approximate surface area is 87.9 Å². The highest BCUT2D eigenvalue weighted by Crippen LogP contribution is 2.03. The van der Waals surface area contributed by atoms with Crippen LogP contribution >= 0.6 is 0 Å². The molecule has 0 aromatic rings. The first-order chi connectivity index (χ1) is 6.86. The molecular formula is C12H23N2+. The van der Waals surface area contributed by atoms with E-state index in [1.807, 2.05) is 0 Å². The molecule has 1 aliphatic rings. The second-order valence-corrected chi connectivity index (χ2v) is 3.87. The van der Waals surface area contributed by atoms with E-state index in [4.69, 9.17) is 0 Å². The largest absolute Gasteiger partial charge is 0.363 e. The predicted octanol–water partition coefficient (Wildman–Crippen LogP) is 2.46. The minimum absolute atomic E-state index is 1.08. The van der Waals surface area contributed by atoms with Gasteiger partial charge in [0.15, 0.2) is 12.4 Å². The van der Waals surface area contributed by atoms with E-state index in [1.165, 1.54) is 32.2 Å². The minimum atomic E-state index is 1.08. The highest BCUT2D eigenvalue weighted by Gasteiger charge is 2.07. The summed E-state index contributed by atoms with van der Waals surface area (Å²) in [7, 11) is 0. The summed E-state index contributed by atoms with van der Waals surface area (Å²) in [6, 6.07) is 0. The maximum absolute atomic E-state index is 2.39. The van der Waals surface area contributed by atoms with Crippen LogP contribution in [0.25, 0.3) is 0 Å². The molecule has 1 aliphatic heterocycles.